The largest absolute Gasteiger partial charge is 0.478 e. The van der Waals surface area contributed by atoms with Crippen molar-refractivity contribution in [1.82, 2.24) is 14.8 Å². The van der Waals surface area contributed by atoms with E-state index in [1.54, 1.807) is 4.57 Å². The minimum absolute atomic E-state index is 0.102. The van der Waals surface area contributed by atoms with E-state index >= 15 is 0 Å². The number of piperidine rings is 1. The molecule has 3 N–H and O–H groups in total. The van der Waals surface area contributed by atoms with Gasteiger partial charge in [0.25, 0.3) is 0 Å². The number of rotatable bonds is 4. The van der Waals surface area contributed by atoms with Crippen LogP contribution in [0.2, 0.25) is 0 Å². The van der Waals surface area contributed by atoms with Gasteiger partial charge in [0, 0.05) is 30.2 Å². The summed E-state index contributed by atoms with van der Waals surface area (Å²) in [6, 6.07) is 5.55. The Kier molecular flexibility index (Phi) is 5.56. The quantitative estimate of drug-likeness (QED) is 0.674. The molecule has 0 radical (unpaired) electrons. The number of urea groups is 1. The van der Waals surface area contributed by atoms with E-state index < -0.39 is 18.0 Å². The molecule has 1 aromatic heterocycles. The maximum atomic E-state index is 12.0. The molecule has 0 saturated carbocycles. The van der Waals surface area contributed by atoms with Crippen molar-refractivity contribution in [3.05, 3.63) is 58.0 Å². The highest BCUT2D eigenvalue weighted by molar-refractivity contribution is 6.14. The smallest absolute Gasteiger partial charge is 0.347 e. The van der Waals surface area contributed by atoms with E-state index in [0.717, 1.165) is 48.9 Å². The van der Waals surface area contributed by atoms with Crippen molar-refractivity contribution in [2.75, 3.05) is 13.1 Å². The Balaban J connectivity index is 1.76. The molecular weight excluding hydrogens is 412 g/mol. The highest BCUT2D eigenvalue weighted by Gasteiger charge is 2.26. The summed E-state index contributed by atoms with van der Waals surface area (Å²) in [5.41, 5.74) is 3.28. The van der Waals surface area contributed by atoms with Crippen molar-refractivity contribution in [3.63, 3.8) is 0 Å². The van der Waals surface area contributed by atoms with Crippen LogP contribution in [0, 0.1) is 13.8 Å². The number of aryl methyl sites for hydroxylation is 1. The molecule has 1 saturated heterocycles. The fraction of sp³-hybridized carbons (Fsp3) is 0.304. The Morgan fingerprint density at radius 1 is 1.00 bits per heavy atom. The molecule has 2 aliphatic heterocycles. The minimum Gasteiger partial charge on any atom is -0.478 e. The van der Waals surface area contributed by atoms with E-state index in [2.05, 4.69) is 15.2 Å². The SMILES string of the molecule is Cc1cc(/C=C2\NC(=O)N=C2N2CCCCC2)c(C)n1-c1cc(C(=O)O)cc(C(=O)O)c1. The van der Waals surface area contributed by atoms with Crippen LogP contribution in [-0.4, -0.2) is 56.6 Å². The summed E-state index contributed by atoms with van der Waals surface area (Å²) in [5, 5.41) is 21.6. The van der Waals surface area contributed by atoms with Gasteiger partial charge in [-0.3, -0.25) is 0 Å². The first-order chi connectivity index (χ1) is 15.2. The number of nitrogens with one attached hydrogen (secondary N) is 1. The number of amidine groups is 1. The lowest BCUT2D eigenvalue weighted by Gasteiger charge is -2.28. The Morgan fingerprint density at radius 3 is 2.22 bits per heavy atom. The Morgan fingerprint density at radius 2 is 1.62 bits per heavy atom. The van der Waals surface area contributed by atoms with E-state index in [4.69, 9.17) is 0 Å². The number of nitrogens with zero attached hydrogens (tertiary/aromatic N) is 3. The monoisotopic (exact) mass is 436 g/mol. The number of aliphatic imine (C=N–C) groups is 1. The molecule has 0 aliphatic carbocycles. The lowest BCUT2D eigenvalue weighted by molar-refractivity contribution is 0.0696. The van der Waals surface area contributed by atoms with Crippen molar-refractivity contribution in [2.24, 2.45) is 4.99 Å². The van der Waals surface area contributed by atoms with Crippen molar-refractivity contribution in [3.8, 4) is 5.69 Å². The number of carboxylic acids is 2. The predicted octanol–water partition coefficient (Wildman–Crippen LogP) is 3.44. The van der Waals surface area contributed by atoms with Crippen LogP contribution in [-0.2, 0) is 0 Å². The van der Waals surface area contributed by atoms with Gasteiger partial charge in [0.05, 0.1) is 16.8 Å². The van der Waals surface area contributed by atoms with Gasteiger partial charge in [-0.15, -0.1) is 0 Å². The van der Waals surface area contributed by atoms with Gasteiger partial charge in [-0.1, -0.05) is 0 Å². The molecule has 2 aliphatic rings. The fourth-order valence-corrected chi connectivity index (χ4v) is 4.28. The molecule has 9 heteroatoms. The highest BCUT2D eigenvalue weighted by Crippen LogP contribution is 2.26. The van der Waals surface area contributed by atoms with Gasteiger partial charge in [0.15, 0.2) is 5.84 Å². The average Bonchev–Trinajstić information content (AvgIpc) is 3.26. The zero-order valence-corrected chi connectivity index (χ0v) is 17.9. The zero-order valence-electron chi connectivity index (χ0n) is 17.9. The zero-order chi connectivity index (χ0) is 23.0. The molecule has 166 valence electrons. The molecular formula is C23H24N4O5. The number of carbonyl (C=O) groups excluding carboxylic acids is 1. The van der Waals surface area contributed by atoms with Crippen molar-refractivity contribution in [2.45, 2.75) is 33.1 Å². The van der Waals surface area contributed by atoms with Crippen LogP contribution in [0.1, 0.15) is 56.9 Å². The van der Waals surface area contributed by atoms with E-state index in [-0.39, 0.29) is 11.1 Å². The third kappa shape index (κ3) is 4.01. The Bertz CT molecular complexity index is 1150. The lowest BCUT2D eigenvalue weighted by atomic mass is 10.1. The van der Waals surface area contributed by atoms with Crippen LogP contribution < -0.4 is 5.32 Å². The molecule has 32 heavy (non-hydrogen) atoms. The summed E-state index contributed by atoms with van der Waals surface area (Å²) in [5.74, 6) is -1.76. The molecule has 2 amide bonds. The predicted molar refractivity (Wildman–Crippen MR) is 119 cm³/mol. The standard InChI is InChI=1S/C23H24N4O5/c1-13-8-15(12-19-20(25-23(32)24-19)26-6-4-3-5-7-26)14(2)27(13)18-10-16(21(28)29)9-17(11-18)22(30)31/h8-12H,3-7H2,1-2H3,(H,24,32)(H,28,29)(H,30,31)/b19-12-. The maximum Gasteiger partial charge on any atom is 0.347 e. The van der Waals surface area contributed by atoms with Gasteiger partial charge in [0.1, 0.15) is 0 Å². The second-order valence-electron chi connectivity index (χ2n) is 8.01. The van der Waals surface area contributed by atoms with Crippen LogP contribution in [0.15, 0.2) is 35.0 Å². The van der Waals surface area contributed by atoms with Gasteiger partial charge in [-0.25, -0.2) is 14.4 Å². The molecule has 3 heterocycles. The third-order valence-electron chi connectivity index (χ3n) is 5.79. The summed E-state index contributed by atoms with van der Waals surface area (Å²) in [6.07, 6.45) is 5.14. The molecule has 1 aromatic carbocycles. The van der Waals surface area contributed by atoms with Gasteiger partial charge in [0.2, 0.25) is 0 Å². The summed E-state index contributed by atoms with van der Waals surface area (Å²) in [7, 11) is 0. The average molecular weight is 436 g/mol. The second-order valence-corrected chi connectivity index (χ2v) is 8.01. The van der Waals surface area contributed by atoms with Crippen LogP contribution in [0.3, 0.4) is 0 Å². The summed E-state index contributed by atoms with van der Waals surface area (Å²) in [6.45, 7) is 5.42. The lowest BCUT2D eigenvalue weighted by Crippen LogP contribution is -2.36. The molecule has 1 fully saturated rings. The molecule has 2 aromatic rings. The van der Waals surface area contributed by atoms with Crippen molar-refractivity contribution < 1.29 is 24.6 Å². The van der Waals surface area contributed by atoms with Crippen LogP contribution >= 0.6 is 0 Å². The third-order valence-corrected chi connectivity index (χ3v) is 5.79. The summed E-state index contributed by atoms with van der Waals surface area (Å²) < 4.78 is 1.81. The molecule has 0 atom stereocenters. The molecule has 0 bridgehead atoms. The minimum atomic E-state index is -1.20. The number of aromatic nitrogens is 1. The highest BCUT2D eigenvalue weighted by atomic mass is 16.4. The number of likely N-dealkylation sites (tertiary alicyclic amines) is 1. The molecule has 0 spiro atoms. The second kappa shape index (κ2) is 8.33. The first-order valence-corrected chi connectivity index (χ1v) is 10.4. The Hall–Kier alpha value is -3.88. The van der Waals surface area contributed by atoms with E-state index in [1.165, 1.54) is 18.6 Å². The van der Waals surface area contributed by atoms with Crippen LogP contribution in [0.4, 0.5) is 4.79 Å². The summed E-state index contributed by atoms with van der Waals surface area (Å²) >= 11 is 0. The van der Waals surface area contributed by atoms with E-state index in [0.29, 0.717) is 17.2 Å². The van der Waals surface area contributed by atoms with E-state index in [9.17, 15) is 24.6 Å². The molecule has 0 unspecified atom stereocenters. The Labute approximate surface area is 184 Å². The van der Waals surface area contributed by atoms with Gasteiger partial charge >= 0.3 is 18.0 Å². The normalized spacial score (nSPS) is 17.4. The number of benzene rings is 1. The number of hydrogen-bond donors (Lipinski definition) is 3. The fourth-order valence-electron chi connectivity index (χ4n) is 4.28. The number of carbonyl (C=O) groups is 3. The van der Waals surface area contributed by atoms with E-state index in [1.807, 2.05) is 26.0 Å². The number of amides is 2. The number of carboxylic acid groups (broad SMARTS) is 2. The maximum absolute atomic E-state index is 12.0. The van der Waals surface area contributed by atoms with Crippen LogP contribution in [0.5, 0.6) is 0 Å². The molecule has 9 nitrogen and oxygen atoms in total. The van der Waals surface area contributed by atoms with Crippen LogP contribution in [0.25, 0.3) is 11.8 Å². The first-order valence-electron chi connectivity index (χ1n) is 10.4. The van der Waals surface area contributed by atoms with Gasteiger partial charge < -0.3 is 25.0 Å². The first kappa shape index (κ1) is 21.4. The van der Waals surface area contributed by atoms with Gasteiger partial charge in [-0.05, 0) is 69.0 Å². The topological polar surface area (TPSA) is 124 Å². The van der Waals surface area contributed by atoms with Crippen molar-refractivity contribution in [1.29, 1.82) is 0 Å². The number of hydrogen-bond acceptors (Lipinski definition) is 4. The number of aromatic carboxylic acids is 2. The molecule has 4 rings (SSSR count). The van der Waals surface area contributed by atoms with Gasteiger partial charge in [-0.2, -0.15) is 4.99 Å². The van der Waals surface area contributed by atoms with Crippen molar-refractivity contribution >= 4 is 29.9 Å². The summed E-state index contributed by atoms with van der Waals surface area (Å²) in [4.78, 5) is 41.3.